The molecule has 2 N–H and O–H groups in total. The quantitative estimate of drug-likeness (QED) is 0.803. The zero-order valence-corrected chi connectivity index (χ0v) is 8.64. The molecule has 0 saturated carbocycles. The number of rotatable bonds is 2. The first-order chi connectivity index (χ1) is 7.31. The van der Waals surface area contributed by atoms with Gasteiger partial charge in [-0.2, -0.15) is 0 Å². The molecule has 3 nitrogen and oxygen atoms in total. The number of hydrogen-bond acceptors (Lipinski definition) is 3. The van der Waals surface area contributed by atoms with Gasteiger partial charge in [0.05, 0.1) is 23.3 Å². The second kappa shape index (κ2) is 4.19. The lowest BCUT2D eigenvalue weighted by atomic mass is 10.1. The number of hydrogen-bond donors (Lipinski definition) is 1. The summed E-state index contributed by atoms with van der Waals surface area (Å²) in [6, 6.07) is 10.0. The Morgan fingerprint density at radius 3 is 2.53 bits per heavy atom. The Morgan fingerprint density at radius 2 is 1.93 bits per heavy atom. The third-order valence-electron chi connectivity index (χ3n) is 2.25. The van der Waals surface area contributed by atoms with Crippen LogP contribution in [0.25, 0.3) is 11.3 Å². The number of benzene rings is 1. The molecule has 0 amide bonds. The minimum absolute atomic E-state index is 0.433. The number of nitrogens with zero attached hydrogens (tertiary/aromatic N) is 2. The molecule has 76 valence electrons. The van der Waals surface area contributed by atoms with Crippen LogP contribution in [0.5, 0.6) is 0 Å². The molecule has 0 radical (unpaired) electrons. The summed E-state index contributed by atoms with van der Waals surface area (Å²) in [6.07, 6.45) is 1.73. The van der Waals surface area contributed by atoms with Crippen molar-refractivity contribution < 1.29 is 0 Å². The highest BCUT2D eigenvalue weighted by Crippen LogP contribution is 2.18. The molecule has 0 unspecified atom stereocenters. The molecule has 2 rings (SSSR count). The summed E-state index contributed by atoms with van der Waals surface area (Å²) in [4.78, 5) is 8.76. The van der Waals surface area contributed by atoms with E-state index in [4.69, 9.17) is 5.73 Å². The van der Waals surface area contributed by atoms with Crippen LogP contribution in [0, 0.1) is 6.92 Å². The van der Waals surface area contributed by atoms with Crippen molar-refractivity contribution in [3.63, 3.8) is 0 Å². The van der Waals surface area contributed by atoms with Crippen molar-refractivity contribution in [2.75, 3.05) is 0 Å². The predicted octanol–water partition coefficient (Wildman–Crippen LogP) is 1.91. The van der Waals surface area contributed by atoms with E-state index >= 15 is 0 Å². The van der Waals surface area contributed by atoms with Gasteiger partial charge in [0.1, 0.15) is 0 Å². The minimum Gasteiger partial charge on any atom is -0.325 e. The van der Waals surface area contributed by atoms with Gasteiger partial charge in [-0.15, -0.1) is 0 Å². The third kappa shape index (κ3) is 2.02. The number of aromatic nitrogens is 2. The first kappa shape index (κ1) is 9.80. The largest absolute Gasteiger partial charge is 0.325 e. The first-order valence-electron chi connectivity index (χ1n) is 4.89. The molecule has 0 aliphatic heterocycles. The lowest BCUT2D eigenvalue weighted by Gasteiger charge is -2.05. The monoisotopic (exact) mass is 199 g/mol. The van der Waals surface area contributed by atoms with Crippen molar-refractivity contribution in [1.82, 2.24) is 9.97 Å². The molecule has 0 bridgehead atoms. The SMILES string of the molecule is Cc1nc(CN)cnc1-c1ccccc1. The van der Waals surface area contributed by atoms with Gasteiger partial charge in [0, 0.05) is 12.1 Å². The van der Waals surface area contributed by atoms with Gasteiger partial charge in [0.25, 0.3) is 0 Å². The summed E-state index contributed by atoms with van der Waals surface area (Å²) < 4.78 is 0. The van der Waals surface area contributed by atoms with Crippen molar-refractivity contribution in [1.29, 1.82) is 0 Å². The minimum atomic E-state index is 0.433. The van der Waals surface area contributed by atoms with E-state index in [0.29, 0.717) is 6.54 Å². The Kier molecular flexibility index (Phi) is 2.74. The fourth-order valence-electron chi connectivity index (χ4n) is 1.51. The summed E-state index contributed by atoms with van der Waals surface area (Å²) in [5.74, 6) is 0. The fourth-order valence-corrected chi connectivity index (χ4v) is 1.51. The molecule has 15 heavy (non-hydrogen) atoms. The average molecular weight is 199 g/mol. The lowest BCUT2D eigenvalue weighted by molar-refractivity contribution is 0.942. The van der Waals surface area contributed by atoms with Gasteiger partial charge in [-0.1, -0.05) is 30.3 Å². The van der Waals surface area contributed by atoms with Gasteiger partial charge in [-0.05, 0) is 6.92 Å². The van der Waals surface area contributed by atoms with E-state index in [9.17, 15) is 0 Å². The second-order valence-electron chi connectivity index (χ2n) is 3.37. The fraction of sp³-hybridized carbons (Fsp3) is 0.167. The molecular formula is C12H13N3. The maximum Gasteiger partial charge on any atom is 0.0914 e. The van der Waals surface area contributed by atoms with Crippen LogP contribution in [0.15, 0.2) is 36.5 Å². The molecule has 2 aromatic rings. The molecule has 1 aromatic heterocycles. The van der Waals surface area contributed by atoms with Crippen molar-refractivity contribution in [2.24, 2.45) is 5.73 Å². The summed E-state index contributed by atoms with van der Waals surface area (Å²) in [5.41, 5.74) is 9.26. The molecule has 0 saturated heterocycles. The van der Waals surface area contributed by atoms with Crippen molar-refractivity contribution >= 4 is 0 Å². The highest BCUT2D eigenvalue weighted by atomic mass is 14.8. The predicted molar refractivity (Wildman–Crippen MR) is 60.1 cm³/mol. The highest BCUT2D eigenvalue weighted by Gasteiger charge is 2.04. The van der Waals surface area contributed by atoms with Gasteiger partial charge in [-0.25, -0.2) is 0 Å². The van der Waals surface area contributed by atoms with Crippen LogP contribution in [-0.2, 0) is 6.54 Å². The zero-order chi connectivity index (χ0) is 10.7. The summed E-state index contributed by atoms with van der Waals surface area (Å²) in [6.45, 7) is 2.39. The van der Waals surface area contributed by atoms with Crippen molar-refractivity contribution in [3.05, 3.63) is 47.9 Å². The Labute approximate surface area is 89.0 Å². The van der Waals surface area contributed by atoms with E-state index in [1.54, 1.807) is 6.20 Å². The third-order valence-corrected chi connectivity index (χ3v) is 2.25. The van der Waals surface area contributed by atoms with Gasteiger partial charge < -0.3 is 5.73 Å². The molecule has 1 aromatic carbocycles. The van der Waals surface area contributed by atoms with Crippen LogP contribution in [0.1, 0.15) is 11.4 Å². The van der Waals surface area contributed by atoms with E-state index in [0.717, 1.165) is 22.6 Å². The van der Waals surface area contributed by atoms with Crippen LogP contribution in [0.3, 0.4) is 0 Å². The maximum absolute atomic E-state index is 5.50. The van der Waals surface area contributed by atoms with E-state index in [-0.39, 0.29) is 0 Å². The Hall–Kier alpha value is -1.74. The van der Waals surface area contributed by atoms with Gasteiger partial charge >= 0.3 is 0 Å². The molecule has 0 aliphatic carbocycles. The molecule has 0 spiro atoms. The average Bonchev–Trinajstić information content (AvgIpc) is 2.30. The van der Waals surface area contributed by atoms with Crippen molar-refractivity contribution in [3.8, 4) is 11.3 Å². The van der Waals surface area contributed by atoms with Crippen molar-refractivity contribution in [2.45, 2.75) is 13.5 Å². The molecule has 0 aliphatic rings. The molecule has 3 heteroatoms. The van der Waals surface area contributed by atoms with Gasteiger partial charge in [0.15, 0.2) is 0 Å². The first-order valence-corrected chi connectivity index (χ1v) is 4.89. The summed E-state index contributed by atoms with van der Waals surface area (Å²) in [7, 11) is 0. The molecule has 1 heterocycles. The Balaban J connectivity index is 2.46. The van der Waals surface area contributed by atoms with Crippen LogP contribution in [-0.4, -0.2) is 9.97 Å². The molecular weight excluding hydrogens is 186 g/mol. The lowest BCUT2D eigenvalue weighted by Crippen LogP contribution is -2.03. The van der Waals surface area contributed by atoms with Crippen LogP contribution < -0.4 is 5.73 Å². The van der Waals surface area contributed by atoms with E-state index in [1.807, 2.05) is 37.3 Å². The number of nitrogens with two attached hydrogens (primary N) is 1. The Morgan fingerprint density at radius 1 is 1.20 bits per heavy atom. The van der Waals surface area contributed by atoms with Crippen LogP contribution in [0.4, 0.5) is 0 Å². The Bertz CT molecular complexity index is 452. The normalized spacial score (nSPS) is 10.3. The topological polar surface area (TPSA) is 51.8 Å². The standard InChI is InChI=1S/C12H13N3/c1-9-12(10-5-3-2-4-6-10)14-8-11(7-13)15-9/h2-6,8H,7,13H2,1H3. The van der Waals surface area contributed by atoms with Gasteiger partial charge in [0.2, 0.25) is 0 Å². The molecule has 0 fully saturated rings. The summed E-state index contributed by atoms with van der Waals surface area (Å²) in [5, 5.41) is 0. The van der Waals surface area contributed by atoms with Crippen LogP contribution >= 0.6 is 0 Å². The van der Waals surface area contributed by atoms with E-state index in [1.165, 1.54) is 0 Å². The van der Waals surface area contributed by atoms with Crippen LogP contribution in [0.2, 0.25) is 0 Å². The van der Waals surface area contributed by atoms with E-state index < -0.39 is 0 Å². The summed E-state index contributed by atoms with van der Waals surface area (Å²) >= 11 is 0. The van der Waals surface area contributed by atoms with E-state index in [2.05, 4.69) is 9.97 Å². The molecule has 0 atom stereocenters. The van der Waals surface area contributed by atoms with Gasteiger partial charge in [-0.3, -0.25) is 9.97 Å². The maximum atomic E-state index is 5.50. The zero-order valence-electron chi connectivity index (χ0n) is 8.64. The second-order valence-corrected chi connectivity index (χ2v) is 3.37. The smallest absolute Gasteiger partial charge is 0.0914 e. The highest BCUT2D eigenvalue weighted by molar-refractivity contribution is 5.60. The number of aryl methyl sites for hydroxylation is 1.